The van der Waals surface area contributed by atoms with Gasteiger partial charge in [0.25, 0.3) is 0 Å². The predicted octanol–water partition coefficient (Wildman–Crippen LogP) is 1.60. The van der Waals surface area contributed by atoms with Gasteiger partial charge in [0, 0.05) is 31.1 Å². The minimum Gasteiger partial charge on any atom is -0.354 e. The van der Waals surface area contributed by atoms with Crippen molar-refractivity contribution >= 4 is 23.5 Å². The van der Waals surface area contributed by atoms with Crippen LogP contribution in [0.1, 0.15) is 6.92 Å². The van der Waals surface area contributed by atoms with Gasteiger partial charge in [-0.2, -0.15) is 16.7 Å². The van der Waals surface area contributed by atoms with Crippen LogP contribution < -0.4 is 10.2 Å². The number of anilines is 2. The smallest absolute Gasteiger partial charge is 0.224 e. The molecule has 4 nitrogen and oxygen atoms in total. The Hall–Kier alpha value is -1.04. The van der Waals surface area contributed by atoms with E-state index in [0.29, 0.717) is 11.8 Å². The van der Waals surface area contributed by atoms with Gasteiger partial charge in [-0.25, -0.2) is 9.37 Å². The van der Waals surface area contributed by atoms with Gasteiger partial charge in [0.15, 0.2) is 11.6 Å². The molecule has 0 atom stereocenters. The average Bonchev–Trinajstić information content (AvgIpc) is 2.33. The van der Waals surface area contributed by atoms with Gasteiger partial charge < -0.3 is 10.2 Å². The Morgan fingerprint density at radius 3 is 2.94 bits per heavy atom. The molecule has 1 N–H and O–H groups in total. The molecule has 1 fully saturated rings. The van der Waals surface area contributed by atoms with Crippen LogP contribution in [-0.4, -0.2) is 41.1 Å². The van der Waals surface area contributed by atoms with Crippen molar-refractivity contribution in [2.24, 2.45) is 0 Å². The zero-order valence-corrected chi connectivity index (χ0v) is 10.1. The van der Waals surface area contributed by atoms with Crippen LogP contribution in [0.2, 0.25) is 0 Å². The van der Waals surface area contributed by atoms with Crippen LogP contribution in [0.25, 0.3) is 0 Å². The topological polar surface area (TPSA) is 41.1 Å². The van der Waals surface area contributed by atoms with Crippen LogP contribution in [0.5, 0.6) is 0 Å². The predicted molar refractivity (Wildman–Crippen MR) is 65.7 cm³/mol. The normalized spacial score (nSPS) is 16.2. The molecule has 0 radical (unpaired) electrons. The number of halogens is 1. The monoisotopic (exact) mass is 242 g/mol. The van der Waals surface area contributed by atoms with E-state index in [2.05, 4.69) is 15.3 Å². The number of hydrogen-bond donors (Lipinski definition) is 1. The third-order valence-corrected chi connectivity index (χ3v) is 3.31. The van der Waals surface area contributed by atoms with Crippen molar-refractivity contribution in [3.63, 3.8) is 0 Å². The van der Waals surface area contributed by atoms with Gasteiger partial charge in [-0.05, 0) is 6.92 Å². The second kappa shape index (κ2) is 5.34. The van der Waals surface area contributed by atoms with E-state index < -0.39 is 0 Å². The van der Waals surface area contributed by atoms with Crippen LogP contribution in [0.3, 0.4) is 0 Å². The lowest BCUT2D eigenvalue weighted by Crippen LogP contribution is -2.34. The molecule has 88 valence electrons. The Labute approximate surface area is 98.7 Å². The van der Waals surface area contributed by atoms with Crippen molar-refractivity contribution < 1.29 is 4.39 Å². The van der Waals surface area contributed by atoms with Crippen molar-refractivity contribution in [3.8, 4) is 0 Å². The highest BCUT2D eigenvalue weighted by Crippen LogP contribution is 2.20. The summed E-state index contributed by atoms with van der Waals surface area (Å²) >= 11 is 1.89. The van der Waals surface area contributed by atoms with Gasteiger partial charge in [-0.1, -0.05) is 0 Å². The first-order chi connectivity index (χ1) is 7.81. The zero-order valence-electron chi connectivity index (χ0n) is 9.24. The molecule has 2 rings (SSSR count). The zero-order chi connectivity index (χ0) is 11.4. The molecule has 1 saturated heterocycles. The summed E-state index contributed by atoms with van der Waals surface area (Å²) in [7, 11) is 0. The summed E-state index contributed by atoms with van der Waals surface area (Å²) in [5.74, 6) is 2.64. The van der Waals surface area contributed by atoms with E-state index in [4.69, 9.17) is 0 Å². The summed E-state index contributed by atoms with van der Waals surface area (Å²) in [6.45, 7) is 4.40. The molecule has 0 saturated carbocycles. The van der Waals surface area contributed by atoms with E-state index in [1.165, 1.54) is 6.20 Å². The molecule has 1 aliphatic heterocycles. The molecule has 0 unspecified atom stereocenters. The molecule has 0 aromatic carbocycles. The molecule has 1 aliphatic rings. The van der Waals surface area contributed by atoms with Gasteiger partial charge in [-0.15, -0.1) is 0 Å². The summed E-state index contributed by atoms with van der Waals surface area (Å²) in [6, 6.07) is 0. The second-order valence-corrected chi connectivity index (χ2v) is 4.72. The Kier molecular flexibility index (Phi) is 3.82. The molecule has 0 aliphatic carbocycles. The van der Waals surface area contributed by atoms with Gasteiger partial charge in [0.2, 0.25) is 5.95 Å². The Balaban J connectivity index is 2.19. The largest absolute Gasteiger partial charge is 0.354 e. The van der Waals surface area contributed by atoms with E-state index >= 15 is 0 Å². The van der Waals surface area contributed by atoms with Crippen LogP contribution in [0.4, 0.5) is 16.2 Å². The highest BCUT2D eigenvalue weighted by atomic mass is 32.2. The minimum atomic E-state index is -0.339. The fourth-order valence-corrected chi connectivity index (χ4v) is 2.50. The Morgan fingerprint density at radius 2 is 2.25 bits per heavy atom. The fourth-order valence-electron chi connectivity index (χ4n) is 1.60. The van der Waals surface area contributed by atoms with E-state index in [1.54, 1.807) is 0 Å². The van der Waals surface area contributed by atoms with Crippen LogP contribution in [0.15, 0.2) is 6.20 Å². The maximum absolute atomic E-state index is 13.6. The van der Waals surface area contributed by atoms with Crippen molar-refractivity contribution in [2.45, 2.75) is 6.92 Å². The van der Waals surface area contributed by atoms with Gasteiger partial charge in [-0.3, -0.25) is 0 Å². The Morgan fingerprint density at radius 1 is 1.50 bits per heavy atom. The van der Waals surface area contributed by atoms with E-state index in [0.717, 1.165) is 31.1 Å². The molecule has 16 heavy (non-hydrogen) atoms. The first-order valence-electron chi connectivity index (χ1n) is 5.40. The summed E-state index contributed by atoms with van der Waals surface area (Å²) in [4.78, 5) is 10.1. The molecule has 0 bridgehead atoms. The van der Waals surface area contributed by atoms with Crippen molar-refractivity contribution in [2.75, 3.05) is 41.4 Å². The number of nitrogens with zero attached hydrogens (tertiary/aromatic N) is 3. The molecule has 2 heterocycles. The van der Waals surface area contributed by atoms with Gasteiger partial charge in [0.1, 0.15) is 0 Å². The summed E-state index contributed by atoms with van der Waals surface area (Å²) in [6.07, 6.45) is 1.24. The molecular weight excluding hydrogens is 227 g/mol. The van der Waals surface area contributed by atoms with Crippen LogP contribution in [-0.2, 0) is 0 Å². The number of aromatic nitrogens is 2. The minimum absolute atomic E-state index is 0.339. The SMILES string of the molecule is CCNc1ncc(F)c(N2CCSCC2)n1. The summed E-state index contributed by atoms with van der Waals surface area (Å²) < 4.78 is 13.6. The van der Waals surface area contributed by atoms with E-state index in [-0.39, 0.29) is 5.82 Å². The molecule has 6 heteroatoms. The van der Waals surface area contributed by atoms with Gasteiger partial charge in [0.05, 0.1) is 6.20 Å². The van der Waals surface area contributed by atoms with Crippen molar-refractivity contribution in [1.82, 2.24) is 9.97 Å². The number of rotatable bonds is 3. The number of hydrogen-bond acceptors (Lipinski definition) is 5. The lowest BCUT2D eigenvalue weighted by Gasteiger charge is -2.27. The lowest BCUT2D eigenvalue weighted by molar-refractivity contribution is 0.605. The molecule has 1 aromatic heterocycles. The molecule has 1 aromatic rings. The first-order valence-corrected chi connectivity index (χ1v) is 6.56. The van der Waals surface area contributed by atoms with Crippen LogP contribution >= 0.6 is 11.8 Å². The maximum Gasteiger partial charge on any atom is 0.224 e. The maximum atomic E-state index is 13.6. The summed E-state index contributed by atoms with van der Waals surface area (Å²) in [5.41, 5.74) is 0. The third-order valence-electron chi connectivity index (χ3n) is 2.37. The number of thioether (sulfide) groups is 1. The average molecular weight is 242 g/mol. The lowest BCUT2D eigenvalue weighted by atomic mass is 10.4. The fraction of sp³-hybridized carbons (Fsp3) is 0.600. The standard InChI is InChI=1S/C10H15FN4S/c1-2-12-10-13-7-8(11)9(14-10)15-3-5-16-6-4-15/h7H,2-6H2,1H3,(H,12,13,14). The second-order valence-electron chi connectivity index (χ2n) is 3.49. The quantitative estimate of drug-likeness (QED) is 0.872. The van der Waals surface area contributed by atoms with Crippen molar-refractivity contribution in [1.29, 1.82) is 0 Å². The molecule has 0 spiro atoms. The third kappa shape index (κ3) is 2.55. The van der Waals surface area contributed by atoms with Crippen LogP contribution in [0, 0.1) is 5.82 Å². The highest BCUT2D eigenvalue weighted by Gasteiger charge is 2.17. The molecule has 0 amide bonds. The van der Waals surface area contributed by atoms with Gasteiger partial charge >= 0.3 is 0 Å². The number of nitrogens with one attached hydrogen (secondary N) is 1. The molecular formula is C10H15FN4S. The van der Waals surface area contributed by atoms with E-state index in [9.17, 15) is 4.39 Å². The first kappa shape index (κ1) is 11.4. The van der Waals surface area contributed by atoms with E-state index in [1.807, 2.05) is 23.6 Å². The van der Waals surface area contributed by atoms with Crippen molar-refractivity contribution in [3.05, 3.63) is 12.0 Å². The highest BCUT2D eigenvalue weighted by molar-refractivity contribution is 7.99. The Bertz CT molecular complexity index is 355. The summed E-state index contributed by atoms with van der Waals surface area (Å²) in [5, 5.41) is 2.99.